The van der Waals surface area contributed by atoms with Crippen LogP contribution in [-0.4, -0.2) is 74.9 Å². The third-order valence-electron chi connectivity index (χ3n) is 16.8. The summed E-state index contributed by atoms with van der Waals surface area (Å²) in [5, 5.41) is 0. The first-order valence-corrected chi connectivity index (χ1v) is 40.1. The molecule has 92 heavy (non-hydrogen) atoms. The molecule has 0 aromatic heterocycles. The monoisotopic (exact) mass is 1310 g/mol. The Morgan fingerprint density at radius 1 is 0.348 bits per heavy atom. The van der Waals surface area contributed by atoms with Gasteiger partial charge in [0.1, 0.15) is 19.8 Å². The van der Waals surface area contributed by atoms with Crippen LogP contribution in [0.25, 0.3) is 0 Å². The van der Waals surface area contributed by atoms with Crippen LogP contribution in [0.5, 0.6) is 0 Å². The molecule has 2 atom stereocenters. The lowest BCUT2D eigenvalue weighted by Gasteiger charge is -2.24. The normalized spacial score (nSPS) is 13.7. The average molecular weight is 1310 g/mol. The van der Waals surface area contributed by atoms with Gasteiger partial charge in [0.2, 0.25) is 0 Å². The molecule has 2 unspecified atom stereocenters. The Kier molecular flexibility index (Phi) is 69.3. The number of carbonyl (C=O) groups is 2. The van der Waals surface area contributed by atoms with Crippen molar-refractivity contribution in [3.8, 4) is 0 Å². The number of rotatable bonds is 71. The van der Waals surface area contributed by atoms with E-state index in [1.165, 1.54) is 205 Å². The summed E-state index contributed by atoms with van der Waals surface area (Å²) in [6.07, 6.45) is 102. The first-order valence-electron chi connectivity index (χ1n) is 38.6. The van der Waals surface area contributed by atoms with Crippen LogP contribution in [0.1, 0.15) is 348 Å². The molecule has 0 aromatic rings. The molecule has 0 aliphatic rings. The minimum atomic E-state index is -4.40. The summed E-state index contributed by atoms with van der Waals surface area (Å²) in [5.41, 5.74) is 0. The Balaban J connectivity index is 4.01. The highest BCUT2D eigenvalue weighted by molar-refractivity contribution is 7.47. The van der Waals surface area contributed by atoms with E-state index in [4.69, 9.17) is 18.5 Å². The lowest BCUT2D eigenvalue weighted by Crippen LogP contribution is -2.37. The molecule has 0 spiro atoms. The van der Waals surface area contributed by atoms with Crippen LogP contribution in [-0.2, 0) is 32.7 Å². The first kappa shape index (κ1) is 88.7. The average Bonchev–Trinajstić information content (AvgIpc) is 2.14. The second-order valence-corrected chi connectivity index (χ2v) is 28.5. The number of likely N-dealkylation sites (N-methyl/N-ethyl adjacent to an activating group) is 1. The zero-order valence-corrected chi connectivity index (χ0v) is 61.7. The topological polar surface area (TPSA) is 108 Å². The summed E-state index contributed by atoms with van der Waals surface area (Å²) in [7, 11) is 1.47. The van der Waals surface area contributed by atoms with Crippen molar-refractivity contribution in [3.05, 3.63) is 109 Å². The van der Waals surface area contributed by atoms with Gasteiger partial charge < -0.3 is 18.9 Å². The molecule has 1 N–H and O–H groups in total. The quantitative estimate of drug-likeness (QED) is 0.0211. The summed E-state index contributed by atoms with van der Waals surface area (Å²) in [6.45, 7) is 4.33. The molecule has 0 aliphatic heterocycles. The number of hydrogen-bond donors (Lipinski definition) is 1. The number of allylic oxidation sites excluding steroid dienone is 18. The highest BCUT2D eigenvalue weighted by Crippen LogP contribution is 2.43. The molecule has 0 saturated heterocycles. The van der Waals surface area contributed by atoms with E-state index in [0.29, 0.717) is 17.4 Å². The van der Waals surface area contributed by atoms with Crippen molar-refractivity contribution in [3.63, 3.8) is 0 Å². The standard InChI is InChI=1S/C82H146NO8P/c1-6-8-10-12-14-16-18-20-22-24-26-28-30-32-34-36-38-39-40-41-42-43-45-46-48-50-52-54-56-58-60-62-64-66-68-70-72-74-81(84)88-78-80(79-90-92(86,87)89-77-76-83(3,4)5)91-82(85)75-73-71-69-67-65-63-61-59-57-55-53-51-49-47-44-37-35-33-31-29-27-25-23-21-19-17-15-13-11-9-7-2/h9,11,15,17,21,23-24,26-27,29,33,35,44,47,51,53,57,59,80H,6-8,10,12-14,16,18-20,22,25,28,30-32,34,36-43,45-46,48-50,52,54-56,58,60-79H2,1-5H3/p+1/b11-9-,17-15-,23-21-,26-24-,29-27-,35-33-,47-44-,53-51-,59-57-. The zero-order chi connectivity index (χ0) is 66.9. The lowest BCUT2D eigenvalue weighted by atomic mass is 10.0. The van der Waals surface area contributed by atoms with Crippen molar-refractivity contribution in [2.45, 2.75) is 354 Å². The summed E-state index contributed by atoms with van der Waals surface area (Å²) < 4.78 is 34.8. The Bertz CT molecular complexity index is 1920. The molecule has 0 saturated carbocycles. The van der Waals surface area contributed by atoms with E-state index in [0.717, 1.165) is 109 Å². The van der Waals surface area contributed by atoms with Crippen LogP contribution in [0.3, 0.4) is 0 Å². The van der Waals surface area contributed by atoms with Gasteiger partial charge in [-0.2, -0.15) is 0 Å². The van der Waals surface area contributed by atoms with E-state index in [-0.39, 0.29) is 32.0 Å². The van der Waals surface area contributed by atoms with Crippen LogP contribution < -0.4 is 0 Å². The Hall–Kier alpha value is -3.33. The van der Waals surface area contributed by atoms with Gasteiger partial charge in [0.15, 0.2) is 6.10 Å². The molecular formula is C82H147NO8P+. The van der Waals surface area contributed by atoms with Gasteiger partial charge >= 0.3 is 19.8 Å². The van der Waals surface area contributed by atoms with Crippen LogP contribution in [0.2, 0.25) is 0 Å². The van der Waals surface area contributed by atoms with Crippen molar-refractivity contribution in [2.24, 2.45) is 0 Å². The zero-order valence-electron chi connectivity index (χ0n) is 60.8. The summed E-state index contributed by atoms with van der Waals surface area (Å²) in [5.74, 6) is -0.807. The molecule has 532 valence electrons. The third kappa shape index (κ3) is 75.7. The van der Waals surface area contributed by atoms with Crippen molar-refractivity contribution >= 4 is 19.8 Å². The van der Waals surface area contributed by atoms with E-state index < -0.39 is 26.5 Å². The number of phosphoric ester groups is 1. The highest BCUT2D eigenvalue weighted by atomic mass is 31.2. The Labute approximate surface area is 569 Å². The molecule has 0 rings (SSSR count). The van der Waals surface area contributed by atoms with Crippen molar-refractivity contribution < 1.29 is 42.1 Å². The van der Waals surface area contributed by atoms with Crippen LogP contribution in [0, 0.1) is 0 Å². The fourth-order valence-electron chi connectivity index (χ4n) is 10.9. The molecule has 0 radical (unpaired) electrons. The van der Waals surface area contributed by atoms with Gasteiger partial charge in [0.05, 0.1) is 27.7 Å². The maximum Gasteiger partial charge on any atom is 0.472 e. The molecule has 10 heteroatoms. The van der Waals surface area contributed by atoms with E-state index in [1.54, 1.807) is 0 Å². The van der Waals surface area contributed by atoms with E-state index in [1.807, 2.05) is 21.1 Å². The molecule has 0 amide bonds. The maximum absolute atomic E-state index is 12.9. The van der Waals surface area contributed by atoms with E-state index in [9.17, 15) is 19.0 Å². The molecule has 0 aromatic carbocycles. The fourth-order valence-corrected chi connectivity index (χ4v) is 11.7. The summed E-state index contributed by atoms with van der Waals surface area (Å²) in [6, 6.07) is 0. The van der Waals surface area contributed by atoms with Crippen molar-refractivity contribution in [1.29, 1.82) is 0 Å². The van der Waals surface area contributed by atoms with E-state index in [2.05, 4.69) is 123 Å². The second kappa shape index (κ2) is 72.0. The van der Waals surface area contributed by atoms with Gasteiger partial charge in [-0.25, -0.2) is 4.57 Å². The number of esters is 2. The van der Waals surface area contributed by atoms with Crippen LogP contribution >= 0.6 is 7.82 Å². The third-order valence-corrected chi connectivity index (χ3v) is 17.8. The fraction of sp³-hybridized carbons (Fsp3) is 0.756. The lowest BCUT2D eigenvalue weighted by molar-refractivity contribution is -0.870. The van der Waals surface area contributed by atoms with Gasteiger partial charge in [0, 0.05) is 12.8 Å². The number of ether oxygens (including phenoxy) is 2. The van der Waals surface area contributed by atoms with Crippen molar-refractivity contribution in [1.82, 2.24) is 0 Å². The van der Waals surface area contributed by atoms with E-state index >= 15 is 0 Å². The molecule has 0 bridgehead atoms. The number of hydrogen-bond acceptors (Lipinski definition) is 7. The number of nitrogens with zero attached hydrogens (tertiary/aromatic N) is 1. The van der Waals surface area contributed by atoms with Gasteiger partial charge in [-0.1, -0.05) is 342 Å². The predicted octanol–water partition coefficient (Wildman–Crippen LogP) is 25.6. The van der Waals surface area contributed by atoms with Crippen molar-refractivity contribution in [2.75, 3.05) is 47.5 Å². The molecular weight excluding hydrogens is 1160 g/mol. The maximum atomic E-state index is 12.9. The predicted molar refractivity (Wildman–Crippen MR) is 399 cm³/mol. The molecule has 0 aliphatic carbocycles. The second-order valence-electron chi connectivity index (χ2n) is 27.0. The van der Waals surface area contributed by atoms with Crippen LogP contribution in [0.15, 0.2) is 109 Å². The Morgan fingerprint density at radius 3 is 0.935 bits per heavy atom. The summed E-state index contributed by atoms with van der Waals surface area (Å²) >= 11 is 0. The number of phosphoric acid groups is 1. The molecule has 0 fully saturated rings. The number of quaternary nitrogens is 1. The Morgan fingerprint density at radius 2 is 0.620 bits per heavy atom. The number of carbonyl (C=O) groups excluding carboxylic acids is 2. The smallest absolute Gasteiger partial charge is 0.462 e. The number of unbranched alkanes of at least 4 members (excludes halogenated alkanes) is 39. The minimum Gasteiger partial charge on any atom is -0.462 e. The highest BCUT2D eigenvalue weighted by Gasteiger charge is 2.27. The first-order chi connectivity index (χ1) is 45.0. The van der Waals surface area contributed by atoms with Crippen LogP contribution in [0.4, 0.5) is 0 Å². The molecule has 9 nitrogen and oxygen atoms in total. The SMILES string of the molecule is CC/C=C\C/C=C\C/C=C\C/C=C\C/C=C\C/C=C\C/C=C\C/C=C\CCCCCCCCC(=O)OC(COC(=O)CCCCCCCCCCCCCCCCCCCCCCCCCCC/C=C\CCCCCCCCCC)COP(=O)(O)OCC[N+](C)(C)C. The minimum absolute atomic E-state index is 0.0247. The van der Waals surface area contributed by atoms with Gasteiger partial charge in [-0.05, 0) is 103 Å². The van der Waals surface area contributed by atoms with Gasteiger partial charge in [-0.3, -0.25) is 18.6 Å². The van der Waals surface area contributed by atoms with Gasteiger partial charge in [0.25, 0.3) is 0 Å². The van der Waals surface area contributed by atoms with Gasteiger partial charge in [-0.15, -0.1) is 0 Å². The summed E-state index contributed by atoms with van der Waals surface area (Å²) in [4.78, 5) is 35.9. The largest absolute Gasteiger partial charge is 0.472 e. The molecule has 0 heterocycles.